The lowest BCUT2D eigenvalue weighted by atomic mass is 9.96. The second-order valence-electron chi connectivity index (χ2n) is 30.8. The molecule has 0 aliphatic carbocycles. The first kappa shape index (κ1) is 110. The predicted octanol–water partition coefficient (Wildman–Crippen LogP) is 22.4. The van der Waals surface area contributed by atoms with Gasteiger partial charge in [0, 0.05) is 0 Å². The van der Waals surface area contributed by atoms with Crippen LogP contribution in [0.4, 0.5) is 0 Å². The van der Waals surface area contributed by atoms with Crippen molar-refractivity contribution in [3.63, 3.8) is 0 Å². The maximum Gasteiger partial charge on any atom is 0.123 e. The largest absolute Gasteiger partial charge is 0.491 e. The zero-order chi connectivity index (χ0) is 88.8. The quantitative estimate of drug-likeness (QED) is 0.0177. The van der Waals surface area contributed by atoms with Crippen LogP contribution in [0.5, 0.6) is 46.0 Å². The molecule has 16 heteroatoms. The van der Waals surface area contributed by atoms with E-state index in [4.69, 9.17) is 78.7 Å². The van der Waals surface area contributed by atoms with Crippen LogP contribution in [0.3, 0.4) is 0 Å². The van der Waals surface area contributed by atoms with Crippen molar-refractivity contribution in [1.29, 1.82) is 0 Å². The summed E-state index contributed by atoms with van der Waals surface area (Å²) in [7, 11) is 0. The zero-order valence-corrected chi connectivity index (χ0v) is 76.6. The molecule has 0 saturated carbocycles. The van der Waals surface area contributed by atoms with Gasteiger partial charge in [-0.1, -0.05) is 280 Å². The Kier molecular flexibility index (Phi) is 66.3. The third-order valence-corrected chi connectivity index (χ3v) is 19.4. The van der Waals surface area contributed by atoms with Gasteiger partial charge in [0.1, 0.15) is 97.8 Å². The second kappa shape index (κ2) is 72.5. The summed E-state index contributed by atoms with van der Waals surface area (Å²) in [6, 6.07) is 64.5. The van der Waals surface area contributed by atoms with Crippen molar-refractivity contribution in [2.24, 2.45) is 11.8 Å². The molecular weight excluding hydrogens is 1510 g/mol. The molecule has 0 aliphatic heterocycles. The molecule has 8 aromatic rings. The molecule has 0 aromatic heterocycles. The Balaban J connectivity index is 0.000000686. The third kappa shape index (κ3) is 50.9. The lowest BCUT2D eigenvalue weighted by molar-refractivity contribution is 0.122. The van der Waals surface area contributed by atoms with Gasteiger partial charge in [-0.2, -0.15) is 0 Å². The molecule has 8 aromatic carbocycles. The average Bonchev–Trinajstić information content (AvgIpc) is 0.841. The Bertz CT molecular complexity index is 3340. The first-order chi connectivity index (χ1) is 58.2. The van der Waals surface area contributed by atoms with E-state index in [1.54, 1.807) is 13.8 Å². The van der Waals surface area contributed by atoms with E-state index >= 15 is 0 Å². The summed E-state index contributed by atoms with van der Waals surface area (Å²) in [5.74, 6) is 9.65. The topological polar surface area (TPSA) is 236 Å². The van der Waals surface area contributed by atoms with Crippen LogP contribution in [0.2, 0.25) is 0 Å². The number of ether oxygens (including phenoxy) is 8. The minimum absolute atomic E-state index is 0.0577. The Morgan fingerprint density at radius 3 is 0.750 bits per heavy atom. The zero-order valence-electron chi connectivity index (χ0n) is 76.6. The van der Waals surface area contributed by atoms with Crippen LogP contribution in [0.15, 0.2) is 194 Å². The van der Waals surface area contributed by atoms with Gasteiger partial charge < -0.3 is 78.7 Å². The van der Waals surface area contributed by atoms with Crippen LogP contribution in [0.1, 0.15) is 257 Å². The van der Waals surface area contributed by atoms with E-state index in [0.29, 0.717) is 63.3 Å². The van der Waals surface area contributed by atoms with Crippen LogP contribution < -0.4 is 37.9 Å². The van der Waals surface area contributed by atoms with E-state index in [0.717, 1.165) is 84.5 Å². The molecule has 120 heavy (non-hydrogen) atoms. The fraction of sp³-hybridized carbons (Fsp3) is 0.538. The molecular formula is C104H160O16. The number of para-hydroxylation sites is 8. The van der Waals surface area contributed by atoms with Gasteiger partial charge in [-0.05, 0) is 221 Å². The monoisotopic (exact) mass is 1670 g/mol. The van der Waals surface area contributed by atoms with Crippen LogP contribution in [-0.2, 0) is 38.5 Å². The predicted molar refractivity (Wildman–Crippen MR) is 498 cm³/mol. The van der Waals surface area contributed by atoms with Crippen molar-refractivity contribution in [2.75, 3.05) is 79.3 Å². The standard InChI is InChI=1S/8C13H20O2/c2*1-3-11(2)10-12-6-4-5-7-13(12)15-9-8-14;2*1-3-6-11(2)12-7-4-5-8-13(12)15-10-9-14;2*1-3-4-7-12-8-5-6-9-13(12)15-10-11(2)14;2*1-3-4-7-12-8-5-6-9-13(12)15-11(2)10-14/h2*4-7,11,14H,3,8-10H2,1-2H3;2*4-5,7-8,11,14H,3,6,9-10H2,1-2H3;4*5-6,8-9,11,14H,3-4,7,10H2,1-2H3/t8*11-/m10101010/s1. The lowest BCUT2D eigenvalue weighted by Crippen LogP contribution is -2.17. The maximum absolute atomic E-state index is 9.16. The molecule has 672 valence electrons. The van der Waals surface area contributed by atoms with E-state index in [9.17, 15) is 0 Å². The number of unbranched alkanes of at least 4 members (excludes halogenated alkanes) is 4. The van der Waals surface area contributed by atoms with Crippen molar-refractivity contribution in [3.05, 3.63) is 239 Å². The summed E-state index contributed by atoms with van der Waals surface area (Å²) in [6.45, 7) is 36.2. The van der Waals surface area contributed by atoms with E-state index in [1.807, 2.05) is 159 Å². The summed E-state index contributed by atoms with van der Waals surface area (Å²) < 4.78 is 44.3. The molecule has 8 N–H and O–H groups in total. The Morgan fingerprint density at radius 2 is 0.500 bits per heavy atom. The van der Waals surface area contributed by atoms with Crippen LogP contribution in [0, 0.1) is 11.8 Å². The van der Waals surface area contributed by atoms with E-state index in [-0.39, 0.29) is 51.8 Å². The van der Waals surface area contributed by atoms with E-state index < -0.39 is 12.2 Å². The Labute approximate surface area is 726 Å². The first-order valence-corrected chi connectivity index (χ1v) is 44.9. The highest BCUT2D eigenvalue weighted by Gasteiger charge is 2.15. The molecule has 0 heterocycles. The fourth-order valence-electron chi connectivity index (χ4n) is 12.3. The van der Waals surface area contributed by atoms with E-state index in [2.05, 4.69) is 132 Å². The second-order valence-corrected chi connectivity index (χ2v) is 30.8. The SMILES string of the molecule is CCCCc1ccccc1OC[C@@H](C)O.CCCCc1ccccc1OC[C@H](C)O.CCCCc1ccccc1O[C@@H](C)CO.CCCCc1ccccc1O[C@H](C)CO.CCC[C@@H](C)c1ccccc1OCCO.CCC[C@H](C)c1ccccc1OCCO.CC[C@@H](C)Cc1ccccc1OCCO.CC[C@H](C)Cc1ccccc1OCCO. The van der Waals surface area contributed by atoms with Crippen LogP contribution in [-0.4, -0.2) is 145 Å². The fourth-order valence-corrected chi connectivity index (χ4v) is 12.3. The molecule has 16 nitrogen and oxygen atoms in total. The highest BCUT2D eigenvalue weighted by Crippen LogP contribution is 2.32. The van der Waals surface area contributed by atoms with Crippen LogP contribution >= 0.6 is 0 Å². The Morgan fingerprint density at radius 1 is 0.267 bits per heavy atom. The van der Waals surface area contributed by atoms with Crippen LogP contribution in [0.25, 0.3) is 0 Å². The van der Waals surface area contributed by atoms with Crippen molar-refractivity contribution in [1.82, 2.24) is 0 Å². The van der Waals surface area contributed by atoms with Gasteiger partial charge in [0.25, 0.3) is 0 Å². The summed E-state index contributed by atoms with van der Waals surface area (Å²) >= 11 is 0. The van der Waals surface area contributed by atoms with Gasteiger partial charge in [0.15, 0.2) is 0 Å². The summed E-state index contributed by atoms with van der Waals surface area (Å²) in [5.41, 5.74) is 9.90. The molecule has 0 unspecified atom stereocenters. The molecule has 8 rings (SSSR count). The summed E-state index contributed by atoms with van der Waals surface area (Å²) in [6.07, 6.45) is 21.7. The van der Waals surface area contributed by atoms with E-state index in [1.165, 1.54) is 134 Å². The molecule has 0 radical (unpaired) electrons. The van der Waals surface area contributed by atoms with Gasteiger partial charge in [-0.15, -0.1) is 0 Å². The maximum atomic E-state index is 9.16. The minimum Gasteiger partial charge on any atom is -0.491 e. The molecule has 0 bridgehead atoms. The number of aliphatic hydroxyl groups excluding tert-OH is 8. The number of hydrogen-bond donors (Lipinski definition) is 8. The van der Waals surface area contributed by atoms with Gasteiger partial charge in [0.2, 0.25) is 0 Å². The van der Waals surface area contributed by atoms with Gasteiger partial charge >= 0.3 is 0 Å². The summed E-state index contributed by atoms with van der Waals surface area (Å²) in [4.78, 5) is 0. The number of rotatable bonds is 48. The van der Waals surface area contributed by atoms with Crippen molar-refractivity contribution in [3.8, 4) is 46.0 Å². The summed E-state index contributed by atoms with van der Waals surface area (Å²) in [5, 5.41) is 71.1. The smallest absolute Gasteiger partial charge is 0.123 e. The van der Waals surface area contributed by atoms with Gasteiger partial charge in [-0.25, -0.2) is 0 Å². The minimum atomic E-state index is -0.413. The number of hydrogen-bond acceptors (Lipinski definition) is 16. The molecule has 0 aliphatic rings. The molecule has 0 fully saturated rings. The highest BCUT2D eigenvalue weighted by atomic mass is 16.5. The van der Waals surface area contributed by atoms with Crippen molar-refractivity contribution in [2.45, 2.75) is 275 Å². The molecule has 0 spiro atoms. The molecule has 8 atom stereocenters. The van der Waals surface area contributed by atoms with Crippen molar-refractivity contribution >= 4 is 0 Å². The normalized spacial score (nSPS) is 12.5. The number of aliphatic hydroxyl groups is 8. The Hall–Kier alpha value is -8.16. The number of benzene rings is 8. The number of aryl methyl sites for hydroxylation is 4. The van der Waals surface area contributed by atoms with Gasteiger partial charge in [-0.3, -0.25) is 0 Å². The van der Waals surface area contributed by atoms with Crippen molar-refractivity contribution < 1.29 is 78.7 Å². The lowest BCUT2D eigenvalue weighted by Gasteiger charge is -2.15. The molecule has 0 amide bonds. The molecule has 0 saturated heterocycles. The third-order valence-electron chi connectivity index (χ3n) is 19.4. The van der Waals surface area contributed by atoms with Gasteiger partial charge in [0.05, 0.1) is 51.8 Å². The average molecular weight is 1670 g/mol. The highest BCUT2D eigenvalue weighted by molar-refractivity contribution is 5.40. The first-order valence-electron chi connectivity index (χ1n) is 44.9.